The summed E-state index contributed by atoms with van der Waals surface area (Å²) in [6.07, 6.45) is 7.31. The zero-order chi connectivity index (χ0) is 10.2. The van der Waals surface area contributed by atoms with E-state index in [9.17, 15) is 4.79 Å². The van der Waals surface area contributed by atoms with Gasteiger partial charge in [-0.1, -0.05) is 0 Å². The number of amides is 1. The molecule has 14 heavy (non-hydrogen) atoms. The molecule has 0 saturated carbocycles. The first-order valence-electron chi connectivity index (χ1n) is 4.89. The number of hydrogen-bond donors (Lipinski definition) is 2. The Bertz CT molecular complexity index is 217. The third-order valence-corrected chi connectivity index (χ3v) is 2.16. The van der Waals surface area contributed by atoms with Crippen molar-refractivity contribution in [1.29, 1.82) is 0 Å². The van der Waals surface area contributed by atoms with Crippen LogP contribution in [0.5, 0.6) is 0 Å². The van der Waals surface area contributed by atoms with Crippen molar-refractivity contribution in [2.75, 3.05) is 26.2 Å². The van der Waals surface area contributed by atoms with E-state index < -0.39 is 0 Å². The normalized spacial score (nSPS) is 17.4. The predicted molar refractivity (Wildman–Crippen MR) is 53.7 cm³/mol. The maximum absolute atomic E-state index is 10.7. The molecule has 0 aromatic carbocycles. The Morgan fingerprint density at radius 1 is 1.57 bits per heavy atom. The van der Waals surface area contributed by atoms with Crippen molar-refractivity contribution in [1.82, 2.24) is 10.6 Å². The number of terminal acetylenes is 1. The van der Waals surface area contributed by atoms with Gasteiger partial charge in [0.25, 0.3) is 5.91 Å². The van der Waals surface area contributed by atoms with Gasteiger partial charge in [-0.2, -0.15) is 0 Å². The predicted octanol–water partition coefficient (Wildman–Crippen LogP) is -0.496. The van der Waals surface area contributed by atoms with Crippen molar-refractivity contribution in [2.24, 2.45) is 0 Å². The minimum Gasteiger partial charge on any atom is -0.376 e. The number of carbonyl (C=O) groups excluding carboxylic acids is 1. The number of carbonyl (C=O) groups is 1. The molecule has 1 rings (SSSR count). The van der Waals surface area contributed by atoms with E-state index in [1.807, 2.05) is 5.92 Å². The van der Waals surface area contributed by atoms with Gasteiger partial charge in [0.05, 0.1) is 12.7 Å². The first kappa shape index (κ1) is 11.0. The van der Waals surface area contributed by atoms with E-state index in [-0.39, 0.29) is 5.91 Å². The molecule has 0 bridgehead atoms. The summed E-state index contributed by atoms with van der Waals surface area (Å²) in [4.78, 5) is 10.7. The van der Waals surface area contributed by atoms with Crippen LogP contribution in [0.25, 0.3) is 0 Å². The van der Waals surface area contributed by atoms with Gasteiger partial charge in [0.1, 0.15) is 0 Å². The second-order valence-corrected chi connectivity index (χ2v) is 3.22. The van der Waals surface area contributed by atoms with Crippen LogP contribution >= 0.6 is 0 Å². The molecule has 1 saturated heterocycles. The first-order chi connectivity index (χ1) is 6.83. The van der Waals surface area contributed by atoms with E-state index in [1.54, 1.807) is 0 Å². The first-order valence-corrected chi connectivity index (χ1v) is 4.89. The van der Waals surface area contributed by atoms with E-state index in [1.165, 1.54) is 0 Å². The summed E-state index contributed by atoms with van der Waals surface area (Å²) >= 11 is 0. The van der Waals surface area contributed by atoms with Crippen molar-refractivity contribution in [3.05, 3.63) is 0 Å². The standard InChI is InChI=1S/C10H16N2O2/c1-2-10(13)12-7-8-14-9-3-5-11-6-4-9/h1,9,11H,3-8H2,(H,12,13). The molecule has 0 spiro atoms. The third kappa shape index (κ3) is 4.26. The highest BCUT2D eigenvalue weighted by Gasteiger charge is 2.12. The van der Waals surface area contributed by atoms with Gasteiger partial charge in [0.2, 0.25) is 0 Å². The molecule has 0 radical (unpaired) electrons. The molecular formula is C10H16N2O2. The van der Waals surface area contributed by atoms with Crippen LogP contribution in [0.1, 0.15) is 12.8 Å². The van der Waals surface area contributed by atoms with Gasteiger partial charge in [0, 0.05) is 6.54 Å². The molecule has 4 nitrogen and oxygen atoms in total. The van der Waals surface area contributed by atoms with Gasteiger partial charge in [0.15, 0.2) is 0 Å². The smallest absolute Gasteiger partial charge is 0.295 e. The third-order valence-electron chi connectivity index (χ3n) is 2.16. The van der Waals surface area contributed by atoms with Crippen molar-refractivity contribution < 1.29 is 9.53 Å². The van der Waals surface area contributed by atoms with Crippen molar-refractivity contribution in [3.8, 4) is 12.3 Å². The zero-order valence-corrected chi connectivity index (χ0v) is 8.21. The fraction of sp³-hybridized carbons (Fsp3) is 0.700. The summed E-state index contributed by atoms with van der Waals surface area (Å²) in [5, 5.41) is 5.81. The lowest BCUT2D eigenvalue weighted by Crippen LogP contribution is -2.34. The van der Waals surface area contributed by atoms with Crippen molar-refractivity contribution in [3.63, 3.8) is 0 Å². The lowest BCUT2D eigenvalue weighted by molar-refractivity contribution is -0.116. The van der Waals surface area contributed by atoms with E-state index in [0.29, 0.717) is 19.3 Å². The van der Waals surface area contributed by atoms with Gasteiger partial charge in [-0.3, -0.25) is 4.79 Å². The van der Waals surface area contributed by atoms with Gasteiger partial charge < -0.3 is 15.4 Å². The van der Waals surface area contributed by atoms with Crippen LogP contribution in [0, 0.1) is 12.3 Å². The average Bonchev–Trinajstić information content (AvgIpc) is 2.25. The van der Waals surface area contributed by atoms with Gasteiger partial charge in [-0.05, 0) is 31.9 Å². The minimum atomic E-state index is -0.376. The molecular weight excluding hydrogens is 180 g/mol. The molecule has 0 aromatic heterocycles. The Balaban J connectivity index is 1.98. The number of nitrogens with one attached hydrogen (secondary N) is 2. The molecule has 1 aliphatic heterocycles. The van der Waals surface area contributed by atoms with E-state index in [4.69, 9.17) is 11.2 Å². The lowest BCUT2D eigenvalue weighted by Gasteiger charge is -2.22. The van der Waals surface area contributed by atoms with Crippen LogP contribution in [-0.2, 0) is 9.53 Å². The zero-order valence-electron chi connectivity index (χ0n) is 8.21. The topological polar surface area (TPSA) is 50.4 Å². The van der Waals surface area contributed by atoms with Gasteiger partial charge in [-0.15, -0.1) is 6.42 Å². The molecule has 78 valence electrons. The Labute approximate surface area is 84.4 Å². The number of ether oxygens (including phenoxy) is 1. The summed E-state index contributed by atoms with van der Waals surface area (Å²) < 4.78 is 5.55. The maximum atomic E-state index is 10.7. The van der Waals surface area contributed by atoms with Gasteiger partial charge >= 0.3 is 0 Å². The molecule has 1 heterocycles. The van der Waals surface area contributed by atoms with Crippen LogP contribution < -0.4 is 10.6 Å². The van der Waals surface area contributed by atoms with Crippen LogP contribution in [0.15, 0.2) is 0 Å². The highest BCUT2D eigenvalue weighted by Crippen LogP contribution is 2.05. The summed E-state index contributed by atoms with van der Waals surface area (Å²) in [6.45, 7) is 3.06. The monoisotopic (exact) mass is 196 g/mol. The minimum absolute atomic E-state index is 0.332. The Morgan fingerprint density at radius 2 is 2.29 bits per heavy atom. The molecule has 0 unspecified atom stereocenters. The number of piperidine rings is 1. The van der Waals surface area contributed by atoms with Crippen LogP contribution in [0.4, 0.5) is 0 Å². The molecule has 0 aliphatic carbocycles. The Hall–Kier alpha value is -1.05. The maximum Gasteiger partial charge on any atom is 0.295 e. The summed E-state index contributed by atoms with van der Waals surface area (Å²) in [5.74, 6) is 1.61. The van der Waals surface area contributed by atoms with Crippen molar-refractivity contribution >= 4 is 5.91 Å². The summed E-state index contributed by atoms with van der Waals surface area (Å²) in [5.41, 5.74) is 0. The van der Waals surface area contributed by atoms with Gasteiger partial charge in [-0.25, -0.2) is 0 Å². The van der Waals surface area contributed by atoms with Crippen molar-refractivity contribution in [2.45, 2.75) is 18.9 Å². The highest BCUT2D eigenvalue weighted by molar-refractivity contribution is 5.92. The fourth-order valence-corrected chi connectivity index (χ4v) is 1.40. The number of rotatable bonds is 4. The Morgan fingerprint density at radius 3 is 2.93 bits per heavy atom. The molecule has 2 N–H and O–H groups in total. The molecule has 1 aliphatic rings. The largest absolute Gasteiger partial charge is 0.376 e. The lowest BCUT2D eigenvalue weighted by atomic mass is 10.1. The molecule has 1 amide bonds. The second kappa shape index (κ2) is 6.41. The van der Waals surface area contributed by atoms with Crippen LogP contribution in [0.2, 0.25) is 0 Å². The fourth-order valence-electron chi connectivity index (χ4n) is 1.40. The quantitative estimate of drug-likeness (QED) is 0.471. The Kier molecular flexibility index (Phi) is 5.05. The van der Waals surface area contributed by atoms with E-state index in [0.717, 1.165) is 25.9 Å². The summed E-state index contributed by atoms with van der Waals surface area (Å²) in [7, 11) is 0. The van der Waals surface area contributed by atoms with Crippen LogP contribution in [0.3, 0.4) is 0 Å². The summed E-state index contributed by atoms with van der Waals surface area (Å²) in [6, 6.07) is 0. The highest BCUT2D eigenvalue weighted by atomic mass is 16.5. The van der Waals surface area contributed by atoms with E-state index in [2.05, 4.69) is 10.6 Å². The average molecular weight is 196 g/mol. The molecule has 1 fully saturated rings. The SMILES string of the molecule is C#CC(=O)NCCOC1CCNCC1. The van der Waals surface area contributed by atoms with Crippen LogP contribution in [-0.4, -0.2) is 38.3 Å². The van der Waals surface area contributed by atoms with E-state index >= 15 is 0 Å². The molecule has 0 atom stereocenters. The second-order valence-electron chi connectivity index (χ2n) is 3.22. The molecule has 0 aromatic rings. The molecule has 4 heteroatoms. The number of hydrogen-bond acceptors (Lipinski definition) is 3.